The largest absolute Gasteiger partial charge is 0.465 e. The van der Waals surface area contributed by atoms with Crippen LogP contribution >= 0.6 is 0 Å². The standard InChI is InChI=1S/C31H29F3N6O3/c1-17(2)20-10-12-21(13-11-20)24-14-26(31(32,33)34)40-27(35-24)15-25(38-40)29(41)36-28-18(3)37-39(19(28)4)16-22-8-6-7-9-23(22)30(42)43-5/h6-15,17H,16H2,1-5H3,(H,36,41). The zero-order valence-corrected chi connectivity index (χ0v) is 24.2. The Kier molecular flexibility index (Phi) is 7.78. The topological polar surface area (TPSA) is 103 Å². The summed E-state index contributed by atoms with van der Waals surface area (Å²) in [5, 5.41) is 11.2. The number of halogens is 3. The number of hydrogen-bond donors (Lipinski definition) is 1. The Bertz CT molecular complexity index is 1840. The van der Waals surface area contributed by atoms with Crippen molar-refractivity contribution < 1.29 is 27.5 Å². The molecular weight excluding hydrogens is 561 g/mol. The lowest BCUT2D eigenvalue weighted by Crippen LogP contribution is -2.16. The van der Waals surface area contributed by atoms with E-state index in [0.29, 0.717) is 38.3 Å². The molecule has 5 aromatic rings. The van der Waals surface area contributed by atoms with E-state index in [1.54, 1.807) is 54.9 Å². The van der Waals surface area contributed by atoms with E-state index in [4.69, 9.17) is 4.74 Å². The van der Waals surface area contributed by atoms with Gasteiger partial charge in [0.25, 0.3) is 5.91 Å². The number of anilines is 1. The molecule has 222 valence electrons. The van der Waals surface area contributed by atoms with E-state index in [1.165, 1.54) is 13.2 Å². The zero-order valence-electron chi connectivity index (χ0n) is 24.2. The summed E-state index contributed by atoms with van der Waals surface area (Å²) >= 11 is 0. The van der Waals surface area contributed by atoms with Crippen molar-refractivity contribution in [3.63, 3.8) is 0 Å². The van der Waals surface area contributed by atoms with Crippen molar-refractivity contribution in [2.45, 2.75) is 46.3 Å². The van der Waals surface area contributed by atoms with Crippen molar-refractivity contribution in [2.75, 3.05) is 12.4 Å². The summed E-state index contributed by atoms with van der Waals surface area (Å²) in [6, 6.07) is 16.2. The highest BCUT2D eigenvalue weighted by molar-refractivity contribution is 6.04. The highest BCUT2D eigenvalue weighted by Gasteiger charge is 2.36. The number of fused-ring (bicyclic) bond motifs is 1. The summed E-state index contributed by atoms with van der Waals surface area (Å²) in [5.74, 6) is -0.941. The van der Waals surface area contributed by atoms with Crippen LogP contribution in [0.5, 0.6) is 0 Å². The monoisotopic (exact) mass is 590 g/mol. The lowest BCUT2D eigenvalue weighted by atomic mass is 10.0. The minimum Gasteiger partial charge on any atom is -0.465 e. The molecule has 0 unspecified atom stereocenters. The van der Waals surface area contributed by atoms with Gasteiger partial charge in [0.05, 0.1) is 42.0 Å². The van der Waals surface area contributed by atoms with Crippen LogP contribution in [0.2, 0.25) is 0 Å². The van der Waals surface area contributed by atoms with Crippen molar-refractivity contribution in [1.82, 2.24) is 24.4 Å². The zero-order chi connectivity index (χ0) is 31.1. The fourth-order valence-electron chi connectivity index (χ4n) is 4.81. The molecule has 43 heavy (non-hydrogen) atoms. The third-order valence-corrected chi connectivity index (χ3v) is 7.19. The van der Waals surface area contributed by atoms with Crippen LogP contribution in [0.25, 0.3) is 16.9 Å². The minimum atomic E-state index is -4.75. The first-order valence-corrected chi connectivity index (χ1v) is 13.5. The fourth-order valence-corrected chi connectivity index (χ4v) is 4.81. The lowest BCUT2D eigenvalue weighted by molar-refractivity contribution is -0.142. The molecule has 0 spiro atoms. The summed E-state index contributed by atoms with van der Waals surface area (Å²) in [4.78, 5) is 29.8. The van der Waals surface area contributed by atoms with Crippen molar-refractivity contribution >= 4 is 23.2 Å². The molecule has 3 aromatic heterocycles. The molecule has 0 aliphatic heterocycles. The Morgan fingerprint density at radius 1 is 1.00 bits per heavy atom. The number of carbonyl (C=O) groups is 2. The van der Waals surface area contributed by atoms with E-state index in [0.717, 1.165) is 11.6 Å². The molecule has 5 rings (SSSR count). The summed E-state index contributed by atoms with van der Waals surface area (Å²) in [7, 11) is 1.30. The second kappa shape index (κ2) is 11.3. The van der Waals surface area contributed by atoms with Crippen LogP contribution in [0.1, 0.15) is 68.8 Å². The van der Waals surface area contributed by atoms with Crippen molar-refractivity contribution in [3.05, 3.63) is 100 Å². The van der Waals surface area contributed by atoms with Gasteiger partial charge in [0, 0.05) is 11.6 Å². The number of esters is 1. The van der Waals surface area contributed by atoms with Gasteiger partial charge in [-0.15, -0.1) is 0 Å². The predicted octanol–water partition coefficient (Wildman–Crippen LogP) is 6.44. The minimum absolute atomic E-state index is 0.113. The second-order valence-electron chi connectivity index (χ2n) is 10.4. The summed E-state index contributed by atoms with van der Waals surface area (Å²) in [6.07, 6.45) is -4.75. The maximum absolute atomic E-state index is 14.1. The Labute approximate surface area is 245 Å². The van der Waals surface area contributed by atoms with Gasteiger partial charge in [0.15, 0.2) is 17.0 Å². The van der Waals surface area contributed by atoms with E-state index in [2.05, 4.69) is 20.5 Å². The first kappa shape index (κ1) is 29.5. The van der Waals surface area contributed by atoms with E-state index in [-0.39, 0.29) is 29.5 Å². The van der Waals surface area contributed by atoms with E-state index < -0.39 is 23.7 Å². The van der Waals surface area contributed by atoms with Gasteiger partial charge >= 0.3 is 12.1 Å². The number of amides is 1. The van der Waals surface area contributed by atoms with Crippen LogP contribution in [-0.4, -0.2) is 43.4 Å². The van der Waals surface area contributed by atoms with Gasteiger partial charge in [-0.25, -0.2) is 14.3 Å². The number of methoxy groups -OCH3 is 1. The maximum atomic E-state index is 14.1. The number of benzene rings is 2. The van der Waals surface area contributed by atoms with Crippen molar-refractivity contribution in [2.24, 2.45) is 0 Å². The van der Waals surface area contributed by atoms with Gasteiger partial charge in [0.1, 0.15) is 0 Å². The third-order valence-electron chi connectivity index (χ3n) is 7.19. The smallest absolute Gasteiger partial charge is 0.433 e. The van der Waals surface area contributed by atoms with E-state index in [1.807, 2.05) is 26.0 Å². The number of nitrogens with zero attached hydrogens (tertiary/aromatic N) is 5. The highest BCUT2D eigenvalue weighted by atomic mass is 19.4. The van der Waals surface area contributed by atoms with Crippen LogP contribution < -0.4 is 5.32 Å². The second-order valence-corrected chi connectivity index (χ2v) is 10.4. The van der Waals surface area contributed by atoms with Crippen LogP contribution in [-0.2, 0) is 17.5 Å². The molecule has 3 heterocycles. The van der Waals surface area contributed by atoms with Crippen LogP contribution in [0, 0.1) is 13.8 Å². The third kappa shape index (κ3) is 5.85. The molecule has 0 aliphatic carbocycles. The SMILES string of the molecule is COC(=O)c1ccccc1Cn1nc(C)c(NC(=O)c2cc3nc(-c4ccc(C(C)C)cc4)cc(C(F)(F)F)n3n2)c1C. The summed E-state index contributed by atoms with van der Waals surface area (Å²) in [6.45, 7) is 7.70. The van der Waals surface area contributed by atoms with Crippen LogP contribution in [0.15, 0.2) is 60.7 Å². The lowest BCUT2D eigenvalue weighted by Gasteiger charge is -2.12. The summed E-state index contributed by atoms with van der Waals surface area (Å²) < 4.78 is 49.4. The Hall–Kier alpha value is -5.00. The van der Waals surface area contributed by atoms with Crippen molar-refractivity contribution in [1.29, 1.82) is 0 Å². The molecule has 2 aromatic carbocycles. The van der Waals surface area contributed by atoms with Crippen LogP contribution in [0.4, 0.5) is 18.9 Å². The van der Waals surface area contributed by atoms with Gasteiger partial charge in [-0.3, -0.25) is 9.48 Å². The van der Waals surface area contributed by atoms with E-state index >= 15 is 0 Å². The number of aromatic nitrogens is 5. The molecule has 0 saturated carbocycles. The molecule has 12 heteroatoms. The number of hydrogen-bond acceptors (Lipinski definition) is 6. The number of carbonyl (C=O) groups excluding carboxylic acids is 2. The maximum Gasteiger partial charge on any atom is 0.433 e. The Balaban J connectivity index is 1.46. The molecule has 1 amide bonds. The molecule has 0 atom stereocenters. The molecule has 0 aliphatic rings. The molecule has 1 N–H and O–H groups in total. The molecule has 0 bridgehead atoms. The van der Waals surface area contributed by atoms with E-state index in [9.17, 15) is 22.8 Å². The number of rotatable bonds is 7. The average Bonchev–Trinajstić information content (AvgIpc) is 3.52. The average molecular weight is 591 g/mol. The normalized spacial score (nSPS) is 11.7. The first-order valence-electron chi connectivity index (χ1n) is 13.5. The Morgan fingerprint density at radius 2 is 1.70 bits per heavy atom. The molecule has 0 radical (unpaired) electrons. The van der Waals surface area contributed by atoms with Crippen molar-refractivity contribution in [3.8, 4) is 11.3 Å². The molecular formula is C31H29F3N6O3. The van der Waals surface area contributed by atoms with Crippen LogP contribution in [0.3, 0.4) is 0 Å². The van der Waals surface area contributed by atoms with Gasteiger partial charge < -0.3 is 10.1 Å². The summed E-state index contributed by atoms with van der Waals surface area (Å²) in [5.41, 5.74) is 2.75. The predicted molar refractivity (Wildman–Crippen MR) is 154 cm³/mol. The number of ether oxygens (including phenoxy) is 1. The fraction of sp³-hybridized carbons (Fsp3) is 0.258. The number of alkyl halides is 3. The van der Waals surface area contributed by atoms with Gasteiger partial charge in [-0.05, 0) is 43.0 Å². The highest BCUT2D eigenvalue weighted by Crippen LogP contribution is 2.33. The van der Waals surface area contributed by atoms with Gasteiger partial charge in [-0.1, -0.05) is 56.3 Å². The molecule has 0 saturated heterocycles. The number of aryl methyl sites for hydroxylation is 1. The number of nitrogens with one attached hydrogen (secondary N) is 1. The first-order chi connectivity index (χ1) is 20.4. The van der Waals surface area contributed by atoms with Gasteiger partial charge in [0.2, 0.25) is 0 Å². The van der Waals surface area contributed by atoms with Gasteiger partial charge in [-0.2, -0.15) is 23.4 Å². The quantitative estimate of drug-likeness (QED) is 0.219. The molecule has 0 fully saturated rings. The molecule has 9 nitrogen and oxygen atoms in total. The Morgan fingerprint density at radius 3 is 2.35 bits per heavy atom.